The number of hydrogen-bond acceptors (Lipinski definition) is 4. The van der Waals surface area contributed by atoms with Crippen LogP contribution in [0.1, 0.15) is 24.0 Å². The van der Waals surface area contributed by atoms with Crippen LogP contribution < -0.4 is 4.90 Å². The number of carbonyl (C=O) groups is 2. The van der Waals surface area contributed by atoms with Crippen molar-refractivity contribution >= 4 is 46.3 Å². The van der Waals surface area contributed by atoms with Gasteiger partial charge in [0.25, 0.3) is 11.8 Å². The average molecular weight is 445 g/mol. The molecule has 2 aliphatic heterocycles. The van der Waals surface area contributed by atoms with Gasteiger partial charge in [0.2, 0.25) is 0 Å². The van der Waals surface area contributed by atoms with Gasteiger partial charge < -0.3 is 10.0 Å². The zero-order chi connectivity index (χ0) is 21.4. The largest absolute Gasteiger partial charge is 0.396 e. The summed E-state index contributed by atoms with van der Waals surface area (Å²) in [5.74, 6) is -0.773. The molecule has 1 saturated heterocycles. The second-order valence-corrected chi connectivity index (χ2v) is 8.61. The summed E-state index contributed by atoms with van der Waals surface area (Å²) in [5, 5.41) is 10.3. The van der Waals surface area contributed by atoms with Gasteiger partial charge in [-0.05, 0) is 49.4 Å². The van der Waals surface area contributed by atoms with Crippen LogP contribution in [0.2, 0.25) is 10.0 Å². The lowest BCUT2D eigenvalue weighted by atomic mass is 9.96. The second-order valence-electron chi connectivity index (χ2n) is 7.77. The fraction of sp³-hybridized carbons (Fsp3) is 0.304. The third-order valence-corrected chi connectivity index (χ3v) is 6.20. The Morgan fingerprint density at radius 1 is 1.07 bits per heavy atom. The molecule has 0 radical (unpaired) electrons. The molecule has 4 rings (SSSR count). The lowest BCUT2D eigenvalue weighted by Gasteiger charge is -2.34. The summed E-state index contributed by atoms with van der Waals surface area (Å²) in [6.45, 7) is 3.19. The van der Waals surface area contributed by atoms with Crippen molar-refractivity contribution in [2.75, 3.05) is 24.6 Å². The molecule has 1 fully saturated rings. The number of imide groups is 1. The summed E-state index contributed by atoms with van der Waals surface area (Å²) in [5.41, 5.74) is 2.73. The predicted molar refractivity (Wildman–Crippen MR) is 118 cm³/mol. The van der Waals surface area contributed by atoms with Gasteiger partial charge in [0.1, 0.15) is 5.70 Å². The summed E-state index contributed by atoms with van der Waals surface area (Å²) in [6.07, 6.45) is 1.74. The van der Waals surface area contributed by atoms with Crippen LogP contribution >= 0.6 is 23.2 Å². The van der Waals surface area contributed by atoms with E-state index in [1.165, 1.54) is 6.07 Å². The van der Waals surface area contributed by atoms with Crippen LogP contribution in [0.25, 0.3) is 5.57 Å². The van der Waals surface area contributed by atoms with E-state index in [9.17, 15) is 14.7 Å². The summed E-state index contributed by atoms with van der Waals surface area (Å²) < 4.78 is 0. The zero-order valence-corrected chi connectivity index (χ0v) is 18.1. The Kier molecular flexibility index (Phi) is 5.87. The molecule has 2 aliphatic rings. The first kappa shape index (κ1) is 20.9. The van der Waals surface area contributed by atoms with Crippen molar-refractivity contribution in [3.05, 3.63) is 69.3 Å². The first-order chi connectivity index (χ1) is 14.4. The highest BCUT2D eigenvalue weighted by Gasteiger charge is 2.44. The second kappa shape index (κ2) is 8.42. The van der Waals surface area contributed by atoms with Crippen molar-refractivity contribution in [1.29, 1.82) is 0 Å². The molecule has 7 heteroatoms. The van der Waals surface area contributed by atoms with Crippen LogP contribution in [0.5, 0.6) is 0 Å². The van der Waals surface area contributed by atoms with Gasteiger partial charge in [-0.15, -0.1) is 0 Å². The lowest BCUT2D eigenvalue weighted by Crippen LogP contribution is -2.40. The third-order valence-electron chi connectivity index (χ3n) is 5.64. The molecule has 30 heavy (non-hydrogen) atoms. The zero-order valence-electron chi connectivity index (χ0n) is 16.6. The number of aryl methyl sites for hydroxylation is 1. The van der Waals surface area contributed by atoms with Crippen LogP contribution in [-0.2, 0) is 9.59 Å². The molecule has 2 heterocycles. The average Bonchev–Trinajstić information content (AvgIpc) is 3.00. The van der Waals surface area contributed by atoms with Crippen molar-refractivity contribution in [3.8, 4) is 0 Å². The number of nitrogens with zero attached hydrogens (tertiary/aromatic N) is 2. The minimum Gasteiger partial charge on any atom is -0.396 e. The Bertz CT molecular complexity index is 1030. The van der Waals surface area contributed by atoms with Crippen LogP contribution in [0.15, 0.2) is 48.2 Å². The van der Waals surface area contributed by atoms with E-state index in [-0.39, 0.29) is 23.2 Å². The number of carbonyl (C=O) groups excluding carboxylic acids is 2. The number of likely N-dealkylation sites (tertiary alicyclic amines) is 1. The summed E-state index contributed by atoms with van der Waals surface area (Å²) in [7, 11) is 0. The Balaban J connectivity index is 1.84. The molecule has 2 aromatic rings. The molecule has 1 N–H and O–H groups in total. The van der Waals surface area contributed by atoms with E-state index in [0.717, 1.165) is 23.3 Å². The van der Waals surface area contributed by atoms with Crippen molar-refractivity contribution in [1.82, 2.24) is 4.90 Å². The number of benzene rings is 2. The van der Waals surface area contributed by atoms with Crippen molar-refractivity contribution in [2.24, 2.45) is 5.92 Å². The molecule has 0 saturated carbocycles. The third kappa shape index (κ3) is 3.73. The minimum absolute atomic E-state index is 0.0512. The van der Waals surface area contributed by atoms with Crippen LogP contribution in [0.3, 0.4) is 0 Å². The Morgan fingerprint density at radius 3 is 2.50 bits per heavy atom. The molecule has 1 atom stereocenters. The molecular formula is C23H22Cl2N2O3. The first-order valence-electron chi connectivity index (χ1n) is 9.91. The number of amides is 2. The topological polar surface area (TPSA) is 60.9 Å². The highest BCUT2D eigenvalue weighted by Crippen LogP contribution is 2.39. The molecule has 1 unspecified atom stereocenters. The number of rotatable bonds is 4. The fourth-order valence-electron chi connectivity index (χ4n) is 4.09. The summed E-state index contributed by atoms with van der Waals surface area (Å²) in [6, 6.07) is 12.3. The van der Waals surface area contributed by atoms with Gasteiger partial charge in [0, 0.05) is 24.7 Å². The molecule has 2 aromatic carbocycles. The van der Waals surface area contributed by atoms with Gasteiger partial charge in [-0.25, -0.2) is 4.90 Å². The minimum atomic E-state index is -0.422. The number of anilines is 1. The van der Waals surface area contributed by atoms with Gasteiger partial charge in [-0.1, -0.05) is 53.0 Å². The van der Waals surface area contributed by atoms with Crippen LogP contribution in [0, 0.1) is 12.8 Å². The van der Waals surface area contributed by atoms with E-state index in [4.69, 9.17) is 23.2 Å². The molecule has 156 valence electrons. The van der Waals surface area contributed by atoms with E-state index >= 15 is 0 Å². The molecule has 0 spiro atoms. The quantitative estimate of drug-likeness (QED) is 0.714. The summed E-state index contributed by atoms with van der Waals surface area (Å²) >= 11 is 12.5. The van der Waals surface area contributed by atoms with E-state index in [1.807, 2.05) is 36.1 Å². The maximum atomic E-state index is 13.6. The molecule has 0 aliphatic carbocycles. The van der Waals surface area contributed by atoms with E-state index in [2.05, 4.69) is 0 Å². The molecule has 5 nitrogen and oxygen atoms in total. The molecule has 2 amide bonds. The highest BCUT2D eigenvalue weighted by molar-refractivity contribution is 6.47. The monoisotopic (exact) mass is 444 g/mol. The molecule has 0 bridgehead atoms. The van der Waals surface area contributed by atoms with E-state index in [0.29, 0.717) is 34.9 Å². The first-order valence-corrected chi connectivity index (χ1v) is 10.7. The number of hydrogen-bond donors (Lipinski definition) is 1. The van der Waals surface area contributed by atoms with Crippen LogP contribution in [0.4, 0.5) is 5.69 Å². The highest BCUT2D eigenvalue weighted by atomic mass is 35.5. The predicted octanol–water partition coefficient (Wildman–Crippen LogP) is 4.29. The number of piperidine rings is 1. The van der Waals surface area contributed by atoms with Gasteiger partial charge in [-0.3, -0.25) is 9.59 Å². The maximum absolute atomic E-state index is 13.6. The normalized spacial score (nSPS) is 19.8. The smallest absolute Gasteiger partial charge is 0.282 e. The van der Waals surface area contributed by atoms with Gasteiger partial charge in [-0.2, -0.15) is 0 Å². The maximum Gasteiger partial charge on any atom is 0.282 e. The molecule has 0 aromatic heterocycles. The lowest BCUT2D eigenvalue weighted by molar-refractivity contribution is -0.120. The van der Waals surface area contributed by atoms with Gasteiger partial charge in [0.05, 0.1) is 16.3 Å². The van der Waals surface area contributed by atoms with Gasteiger partial charge in [0.15, 0.2) is 0 Å². The fourth-order valence-corrected chi connectivity index (χ4v) is 4.45. The van der Waals surface area contributed by atoms with E-state index in [1.54, 1.807) is 12.1 Å². The summed E-state index contributed by atoms with van der Waals surface area (Å²) in [4.78, 5) is 30.1. The number of aliphatic hydroxyl groups excluding tert-OH is 1. The number of halogens is 2. The number of aliphatic hydroxyl groups is 1. The van der Waals surface area contributed by atoms with Crippen molar-refractivity contribution in [2.45, 2.75) is 19.8 Å². The van der Waals surface area contributed by atoms with Gasteiger partial charge >= 0.3 is 0 Å². The standard InChI is InChI=1S/C23H22Cl2N2O3/c1-14-4-6-16(7-5-14)20-21(26-10-2-3-15(12-26)13-28)23(30)27(22(20)29)19-11-17(24)8-9-18(19)25/h4-9,11,15,28H,2-3,10,12-13H2,1H3. The van der Waals surface area contributed by atoms with Crippen molar-refractivity contribution < 1.29 is 14.7 Å². The Hall–Kier alpha value is -2.34. The van der Waals surface area contributed by atoms with E-state index < -0.39 is 11.8 Å². The van der Waals surface area contributed by atoms with Crippen LogP contribution in [-0.4, -0.2) is 41.5 Å². The Morgan fingerprint density at radius 2 is 1.80 bits per heavy atom. The van der Waals surface area contributed by atoms with Crippen molar-refractivity contribution in [3.63, 3.8) is 0 Å². The Labute approximate surface area is 185 Å². The SMILES string of the molecule is Cc1ccc(C2=C(N3CCCC(CO)C3)C(=O)N(c3cc(Cl)ccc3Cl)C2=O)cc1. The molecular weight excluding hydrogens is 423 g/mol.